The van der Waals surface area contributed by atoms with Crippen LogP contribution in [0.1, 0.15) is 20.9 Å². The largest absolute Gasteiger partial charge is 0.398 e. The number of carbonyl (C=O) groups is 1. The number of pyridine rings is 1. The number of thiophene rings is 1. The minimum atomic E-state index is -0.0819. The van der Waals surface area contributed by atoms with E-state index in [1.54, 1.807) is 35.5 Å². The highest BCUT2D eigenvalue weighted by molar-refractivity contribution is 7.09. The summed E-state index contributed by atoms with van der Waals surface area (Å²) in [5, 5.41) is 2.04. The SMILES string of the molecule is Cc1cc(N)c(C(=O)N(C)CCc2cccs2)cn1. The molecule has 0 aliphatic carbocycles. The summed E-state index contributed by atoms with van der Waals surface area (Å²) in [7, 11) is 1.79. The Morgan fingerprint density at radius 1 is 1.53 bits per heavy atom. The highest BCUT2D eigenvalue weighted by Gasteiger charge is 2.15. The van der Waals surface area contributed by atoms with Crippen LogP contribution in [0.5, 0.6) is 0 Å². The minimum Gasteiger partial charge on any atom is -0.398 e. The first-order valence-corrected chi connectivity index (χ1v) is 6.96. The normalized spacial score (nSPS) is 10.4. The first kappa shape index (κ1) is 13.5. The van der Waals surface area contributed by atoms with Crippen molar-refractivity contribution in [2.24, 2.45) is 0 Å². The molecule has 0 aliphatic heterocycles. The van der Waals surface area contributed by atoms with Gasteiger partial charge in [0.2, 0.25) is 0 Å². The molecule has 5 heteroatoms. The molecule has 0 aliphatic rings. The van der Waals surface area contributed by atoms with Crippen molar-refractivity contribution in [2.75, 3.05) is 19.3 Å². The van der Waals surface area contributed by atoms with Gasteiger partial charge < -0.3 is 10.6 Å². The molecule has 2 heterocycles. The number of aryl methyl sites for hydroxylation is 1. The average molecular weight is 275 g/mol. The van der Waals surface area contributed by atoms with Gasteiger partial charge in [-0.3, -0.25) is 9.78 Å². The molecule has 2 aromatic rings. The van der Waals surface area contributed by atoms with E-state index in [1.165, 1.54) is 4.88 Å². The molecule has 0 unspecified atom stereocenters. The van der Waals surface area contributed by atoms with Crippen LogP contribution in [-0.2, 0) is 6.42 Å². The number of nitrogens with two attached hydrogens (primary N) is 1. The number of carbonyl (C=O) groups excluding carboxylic acids is 1. The minimum absolute atomic E-state index is 0.0819. The summed E-state index contributed by atoms with van der Waals surface area (Å²) in [5.41, 5.74) is 7.64. The lowest BCUT2D eigenvalue weighted by atomic mass is 10.2. The Hall–Kier alpha value is -1.88. The second kappa shape index (κ2) is 5.84. The van der Waals surface area contributed by atoms with Gasteiger partial charge in [0.25, 0.3) is 5.91 Å². The topological polar surface area (TPSA) is 59.2 Å². The molecule has 2 rings (SSSR count). The number of likely N-dealkylation sites (N-methyl/N-ethyl adjacent to an activating group) is 1. The number of amides is 1. The Kier molecular flexibility index (Phi) is 4.16. The molecule has 100 valence electrons. The fourth-order valence-corrected chi connectivity index (χ4v) is 2.50. The summed E-state index contributed by atoms with van der Waals surface area (Å²) in [5.74, 6) is -0.0819. The van der Waals surface area contributed by atoms with Crippen LogP contribution in [0, 0.1) is 6.92 Å². The number of rotatable bonds is 4. The number of anilines is 1. The van der Waals surface area contributed by atoms with E-state index >= 15 is 0 Å². The second-order valence-electron chi connectivity index (χ2n) is 4.47. The van der Waals surface area contributed by atoms with Crippen molar-refractivity contribution in [1.82, 2.24) is 9.88 Å². The van der Waals surface area contributed by atoms with Gasteiger partial charge in [0.15, 0.2) is 0 Å². The maximum atomic E-state index is 12.2. The van der Waals surface area contributed by atoms with Gasteiger partial charge in [0.05, 0.1) is 5.56 Å². The van der Waals surface area contributed by atoms with Crippen LogP contribution in [0.15, 0.2) is 29.8 Å². The van der Waals surface area contributed by atoms with E-state index in [9.17, 15) is 4.79 Å². The van der Waals surface area contributed by atoms with Crippen LogP contribution >= 0.6 is 11.3 Å². The van der Waals surface area contributed by atoms with Gasteiger partial charge in [0, 0.05) is 36.0 Å². The van der Waals surface area contributed by atoms with Gasteiger partial charge in [-0.25, -0.2) is 0 Å². The van der Waals surface area contributed by atoms with Crippen LogP contribution in [-0.4, -0.2) is 29.4 Å². The molecular formula is C14H17N3OS. The molecular weight excluding hydrogens is 258 g/mol. The lowest BCUT2D eigenvalue weighted by Crippen LogP contribution is -2.29. The molecule has 0 radical (unpaired) electrons. The zero-order valence-electron chi connectivity index (χ0n) is 11.1. The molecule has 0 bridgehead atoms. The van der Waals surface area contributed by atoms with Crippen molar-refractivity contribution in [3.63, 3.8) is 0 Å². The summed E-state index contributed by atoms with van der Waals surface area (Å²) in [6.07, 6.45) is 2.41. The van der Waals surface area contributed by atoms with Gasteiger partial charge in [-0.05, 0) is 30.9 Å². The molecule has 0 saturated carbocycles. The van der Waals surface area contributed by atoms with Crippen molar-refractivity contribution < 1.29 is 4.79 Å². The molecule has 0 fully saturated rings. The summed E-state index contributed by atoms with van der Waals surface area (Å²) in [6.45, 7) is 2.53. The number of nitrogen functional groups attached to an aromatic ring is 1. The highest BCUT2D eigenvalue weighted by Crippen LogP contribution is 2.15. The third-order valence-electron chi connectivity index (χ3n) is 2.92. The Labute approximate surface area is 116 Å². The predicted octanol–water partition coefficient (Wildman–Crippen LogP) is 2.35. The Morgan fingerprint density at radius 3 is 2.95 bits per heavy atom. The third kappa shape index (κ3) is 3.32. The van der Waals surface area contributed by atoms with Crippen molar-refractivity contribution in [3.05, 3.63) is 45.9 Å². The summed E-state index contributed by atoms with van der Waals surface area (Å²) in [6, 6.07) is 5.81. The van der Waals surface area contributed by atoms with Crippen LogP contribution in [0.25, 0.3) is 0 Å². The maximum absolute atomic E-state index is 12.2. The quantitative estimate of drug-likeness (QED) is 0.931. The van der Waals surface area contributed by atoms with Gasteiger partial charge >= 0.3 is 0 Å². The Balaban J connectivity index is 2.02. The van der Waals surface area contributed by atoms with E-state index < -0.39 is 0 Å². The number of aromatic nitrogens is 1. The monoisotopic (exact) mass is 275 g/mol. The van der Waals surface area contributed by atoms with Crippen LogP contribution in [0.2, 0.25) is 0 Å². The van der Waals surface area contributed by atoms with E-state index in [0.717, 1.165) is 12.1 Å². The van der Waals surface area contributed by atoms with Crippen LogP contribution in [0.3, 0.4) is 0 Å². The van der Waals surface area contributed by atoms with Crippen LogP contribution in [0.4, 0.5) is 5.69 Å². The van der Waals surface area contributed by atoms with Crippen molar-refractivity contribution >= 4 is 22.9 Å². The molecule has 2 N–H and O–H groups in total. The third-order valence-corrected chi connectivity index (χ3v) is 3.86. The highest BCUT2D eigenvalue weighted by atomic mass is 32.1. The second-order valence-corrected chi connectivity index (χ2v) is 5.50. The zero-order chi connectivity index (χ0) is 13.8. The molecule has 0 spiro atoms. The van der Waals surface area contributed by atoms with Gasteiger partial charge in [-0.2, -0.15) is 0 Å². The lowest BCUT2D eigenvalue weighted by molar-refractivity contribution is 0.0797. The Bertz CT molecular complexity index is 566. The van der Waals surface area contributed by atoms with E-state index in [1.807, 2.05) is 18.4 Å². The number of nitrogens with zero attached hydrogens (tertiary/aromatic N) is 2. The Morgan fingerprint density at radius 2 is 2.32 bits per heavy atom. The standard InChI is InChI=1S/C14H17N3OS/c1-10-8-13(15)12(9-16-10)14(18)17(2)6-5-11-4-3-7-19-11/h3-4,7-9H,5-6H2,1-2H3,(H2,15,16). The van der Waals surface area contributed by atoms with E-state index in [-0.39, 0.29) is 5.91 Å². The number of hydrogen-bond donors (Lipinski definition) is 1. The average Bonchev–Trinajstić information content (AvgIpc) is 2.88. The van der Waals surface area contributed by atoms with Gasteiger partial charge in [-0.15, -0.1) is 11.3 Å². The summed E-state index contributed by atoms with van der Waals surface area (Å²) in [4.78, 5) is 19.3. The van der Waals surface area contributed by atoms with E-state index in [2.05, 4.69) is 11.1 Å². The molecule has 0 saturated heterocycles. The molecule has 19 heavy (non-hydrogen) atoms. The summed E-state index contributed by atoms with van der Waals surface area (Å²) < 4.78 is 0. The van der Waals surface area contributed by atoms with Crippen molar-refractivity contribution in [3.8, 4) is 0 Å². The smallest absolute Gasteiger partial charge is 0.257 e. The molecule has 0 aromatic carbocycles. The fourth-order valence-electron chi connectivity index (χ4n) is 1.80. The van der Waals surface area contributed by atoms with Crippen molar-refractivity contribution in [2.45, 2.75) is 13.3 Å². The zero-order valence-corrected chi connectivity index (χ0v) is 11.9. The summed E-state index contributed by atoms with van der Waals surface area (Å²) >= 11 is 1.70. The fraction of sp³-hybridized carbons (Fsp3) is 0.286. The predicted molar refractivity (Wildman–Crippen MR) is 78.4 cm³/mol. The molecule has 2 aromatic heterocycles. The van der Waals surface area contributed by atoms with Crippen molar-refractivity contribution in [1.29, 1.82) is 0 Å². The van der Waals surface area contributed by atoms with E-state index in [4.69, 9.17) is 5.73 Å². The maximum Gasteiger partial charge on any atom is 0.257 e. The molecule has 0 atom stereocenters. The lowest BCUT2D eigenvalue weighted by Gasteiger charge is -2.17. The molecule has 4 nitrogen and oxygen atoms in total. The van der Waals surface area contributed by atoms with Crippen LogP contribution < -0.4 is 5.73 Å². The van der Waals surface area contributed by atoms with E-state index in [0.29, 0.717) is 17.8 Å². The molecule has 1 amide bonds. The van der Waals surface area contributed by atoms with Gasteiger partial charge in [0.1, 0.15) is 0 Å². The first-order chi connectivity index (χ1) is 9.08. The van der Waals surface area contributed by atoms with Gasteiger partial charge in [-0.1, -0.05) is 6.07 Å². The number of hydrogen-bond acceptors (Lipinski definition) is 4. The first-order valence-electron chi connectivity index (χ1n) is 6.08.